The summed E-state index contributed by atoms with van der Waals surface area (Å²) >= 11 is 0. The summed E-state index contributed by atoms with van der Waals surface area (Å²) in [4.78, 5) is 39.0. The number of rotatable bonds is 13. The van der Waals surface area contributed by atoms with E-state index in [0.29, 0.717) is 13.0 Å². The first-order valence-electron chi connectivity index (χ1n) is 12.2. The van der Waals surface area contributed by atoms with E-state index in [1.807, 2.05) is 45.0 Å². The van der Waals surface area contributed by atoms with Crippen LogP contribution in [0.5, 0.6) is 5.75 Å². The standard InChI is InChI=1S/C26H36N4O7S/c1-7-22(26(32)27-15-18(2)3)28(16-20-10-8-9-19(4)13-20)25(31)17-29(38(6,35)36)23-14-21(30(33)34)11-12-24(23)37-5/h8-14,18,22H,7,15-17H2,1-6H3,(H,27,32)/t22-/m1/s1. The van der Waals surface area contributed by atoms with Crippen molar-refractivity contribution in [2.75, 3.05) is 30.8 Å². The van der Waals surface area contributed by atoms with E-state index in [2.05, 4.69) is 5.32 Å². The number of amides is 2. The predicted molar refractivity (Wildman–Crippen MR) is 145 cm³/mol. The topological polar surface area (TPSA) is 139 Å². The van der Waals surface area contributed by atoms with Gasteiger partial charge in [0.2, 0.25) is 21.8 Å². The van der Waals surface area contributed by atoms with Gasteiger partial charge in [-0.1, -0.05) is 50.6 Å². The van der Waals surface area contributed by atoms with Gasteiger partial charge in [-0.3, -0.25) is 24.0 Å². The van der Waals surface area contributed by atoms with E-state index in [0.717, 1.165) is 27.8 Å². The highest BCUT2D eigenvalue weighted by atomic mass is 32.2. The number of ether oxygens (including phenoxy) is 1. The van der Waals surface area contributed by atoms with Gasteiger partial charge < -0.3 is 15.0 Å². The zero-order valence-electron chi connectivity index (χ0n) is 22.6. The molecule has 0 aromatic heterocycles. The van der Waals surface area contributed by atoms with Gasteiger partial charge in [0, 0.05) is 25.2 Å². The van der Waals surface area contributed by atoms with E-state index in [9.17, 15) is 28.1 Å². The quantitative estimate of drug-likeness (QED) is 0.299. The van der Waals surface area contributed by atoms with E-state index < -0.39 is 33.4 Å². The number of hydrogen-bond donors (Lipinski definition) is 1. The van der Waals surface area contributed by atoms with Crippen LogP contribution in [0.4, 0.5) is 11.4 Å². The number of nitro groups is 1. The van der Waals surface area contributed by atoms with Crippen molar-refractivity contribution in [1.29, 1.82) is 0 Å². The molecule has 2 aromatic carbocycles. The minimum absolute atomic E-state index is 0.0424. The van der Waals surface area contributed by atoms with Crippen molar-refractivity contribution in [3.63, 3.8) is 0 Å². The summed E-state index contributed by atoms with van der Waals surface area (Å²) in [5, 5.41) is 14.2. The Morgan fingerprint density at radius 2 is 1.84 bits per heavy atom. The molecule has 0 unspecified atom stereocenters. The molecule has 0 saturated carbocycles. The number of non-ortho nitro benzene ring substituents is 1. The Kier molecular flexibility index (Phi) is 10.6. The van der Waals surface area contributed by atoms with Crippen LogP contribution < -0.4 is 14.4 Å². The van der Waals surface area contributed by atoms with E-state index >= 15 is 0 Å². The number of nitro benzene ring substituents is 1. The molecule has 0 aliphatic rings. The minimum Gasteiger partial charge on any atom is -0.495 e. The lowest BCUT2D eigenvalue weighted by Crippen LogP contribution is -2.52. The van der Waals surface area contributed by atoms with Gasteiger partial charge in [-0.15, -0.1) is 0 Å². The highest BCUT2D eigenvalue weighted by Crippen LogP contribution is 2.34. The van der Waals surface area contributed by atoms with Crippen LogP contribution in [-0.2, 0) is 26.2 Å². The fourth-order valence-electron chi connectivity index (χ4n) is 3.93. The number of nitrogens with zero attached hydrogens (tertiary/aromatic N) is 3. The van der Waals surface area contributed by atoms with Crippen LogP contribution >= 0.6 is 0 Å². The van der Waals surface area contributed by atoms with Crippen molar-refractivity contribution < 1.29 is 27.7 Å². The lowest BCUT2D eigenvalue weighted by Gasteiger charge is -2.33. The average Bonchev–Trinajstić information content (AvgIpc) is 2.84. The fraction of sp³-hybridized carbons (Fsp3) is 0.462. The number of nitrogens with one attached hydrogen (secondary N) is 1. The molecule has 38 heavy (non-hydrogen) atoms. The Labute approximate surface area is 224 Å². The second-order valence-corrected chi connectivity index (χ2v) is 11.4. The molecule has 0 heterocycles. The zero-order valence-corrected chi connectivity index (χ0v) is 23.4. The third-order valence-electron chi connectivity index (χ3n) is 5.83. The third kappa shape index (κ3) is 8.17. The Hall–Kier alpha value is -3.67. The van der Waals surface area contributed by atoms with Crippen LogP contribution in [-0.4, -0.2) is 62.6 Å². The summed E-state index contributed by atoms with van der Waals surface area (Å²) in [6, 6.07) is 10.1. The van der Waals surface area contributed by atoms with Gasteiger partial charge in [0.05, 0.1) is 18.3 Å². The van der Waals surface area contributed by atoms with Gasteiger partial charge in [0.1, 0.15) is 24.0 Å². The Morgan fingerprint density at radius 1 is 1.16 bits per heavy atom. The van der Waals surface area contributed by atoms with Gasteiger partial charge in [0.15, 0.2) is 0 Å². The highest BCUT2D eigenvalue weighted by molar-refractivity contribution is 7.92. The second kappa shape index (κ2) is 13.2. The summed E-state index contributed by atoms with van der Waals surface area (Å²) in [7, 11) is -2.80. The largest absolute Gasteiger partial charge is 0.495 e. The monoisotopic (exact) mass is 548 g/mol. The smallest absolute Gasteiger partial charge is 0.271 e. The molecule has 2 aromatic rings. The molecular weight excluding hydrogens is 512 g/mol. The molecule has 1 atom stereocenters. The van der Waals surface area contributed by atoms with Crippen LogP contribution in [0.2, 0.25) is 0 Å². The first kappa shape index (κ1) is 30.6. The molecule has 0 spiro atoms. The van der Waals surface area contributed by atoms with E-state index in [1.54, 1.807) is 6.92 Å². The van der Waals surface area contributed by atoms with Gasteiger partial charge in [-0.05, 0) is 30.9 Å². The van der Waals surface area contributed by atoms with Crippen LogP contribution in [0.25, 0.3) is 0 Å². The van der Waals surface area contributed by atoms with Gasteiger partial charge in [0.25, 0.3) is 5.69 Å². The molecule has 0 saturated heterocycles. The van der Waals surface area contributed by atoms with Gasteiger partial charge >= 0.3 is 0 Å². The maximum atomic E-state index is 13.8. The highest BCUT2D eigenvalue weighted by Gasteiger charge is 2.33. The van der Waals surface area contributed by atoms with Crippen LogP contribution in [0, 0.1) is 23.0 Å². The van der Waals surface area contributed by atoms with Crippen molar-refractivity contribution in [1.82, 2.24) is 10.2 Å². The molecule has 2 rings (SSSR count). The molecule has 11 nitrogen and oxygen atoms in total. The lowest BCUT2D eigenvalue weighted by atomic mass is 10.1. The molecule has 0 aliphatic heterocycles. The molecule has 12 heteroatoms. The van der Waals surface area contributed by atoms with Crippen molar-refractivity contribution in [3.8, 4) is 5.75 Å². The summed E-state index contributed by atoms with van der Waals surface area (Å²) in [6.45, 7) is 7.38. The van der Waals surface area contributed by atoms with Crippen LogP contribution in [0.15, 0.2) is 42.5 Å². The zero-order chi connectivity index (χ0) is 28.6. The number of carbonyl (C=O) groups is 2. The summed E-state index contributed by atoms with van der Waals surface area (Å²) < 4.78 is 31.7. The molecule has 2 amide bonds. The Morgan fingerprint density at radius 3 is 2.37 bits per heavy atom. The summed E-state index contributed by atoms with van der Waals surface area (Å²) in [6.07, 6.45) is 1.19. The maximum Gasteiger partial charge on any atom is 0.271 e. The minimum atomic E-state index is -4.09. The second-order valence-electron chi connectivity index (χ2n) is 9.46. The number of sulfonamides is 1. The number of hydrogen-bond acceptors (Lipinski definition) is 7. The van der Waals surface area contributed by atoms with E-state index in [4.69, 9.17) is 4.74 Å². The van der Waals surface area contributed by atoms with Gasteiger partial charge in [-0.2, -0.15) is 0 Å². The summed E-state index contributed by atoms with van der Waals surface area (Å²) in [5.74, 6) is -0.752. The number of methoxy groups -OCH3 is 1. The normalized spacial score (nSPS) is 12.1. The Balaban J connectivity index is 2.55. The van der Waals surface area contributed by atoms with Crippen LogP contribution in [0.3, 0.4) is 0 Å². The van der Waals surface area contributed by atoms with E-state index in [1.165, 1.54) is 24.1 Å². The number of benzene rings is 2. The molecule has 0 fully saturated rings. The molecule has 0 bridgehead atoms. The Bertz CT molecular complexity index is 1260. The van der Waals surface area contributed by atoms with Crippen molar-refractivity contribution >= 4 is 33.2 Å². The first-order chi connectivity index (χ1) is 17.8. The predicted octanol–water partition coefficient (Wildman–Crippen LogP) is 3.26. The van der Waals surface area contributed by atoms with E-state index in [-0.39, 0.29) is 35.5 Å². The van der Waals surface area contributed by atoms with Crippen molar-refractivity contribution in [3.05, 3.63) is 63.7 Å². The third-order valence-corrected chi connectivity index (χ3v) is 6.95. The van der Waals surface area contributed by atoms with Crippen LogP contribution in [0.1, 0.15) is 38.3 Å². The SMILES string of the molecule is CC[C@H](C(=O)NCC(C)C)N(Cc1cccc(C)c1)C(=O)CN(c1cc([N+](=O)[O-])ccc1OC)S(C)(=O)=O. The fourth-order valence-corrected chi connectivity index (χ4v) is 4.78. The van der Waals surface area contributed by atoms with Gasteiger partial charge in [-0.25, -0.2) is 8.42 Å². The molecule has 208 valence electrons. The number of carbonyl (C=O) groups excluding carboxylic acids is 2. The molecule has 1 N–H and O–H groups in total. The molecule has 0 aliphatic carbocycles. The van der Waals surface area contributed by atoms with Crippen molar-refractivity contribution in [2.24, 2.45) is 5.92 Å². The summed E-state index contributed by atoms with van der Waals surface area (Å²) in [5.41, 5.74) is 1.22. The van der Waals surface area contributed by atoms with Crippen molar-refractivity contribution in [2.45, 2.75) is 46.7 Å². The average molecular weight is 549 g/mol. The lowest BCUT2D eigenvalue weighted by molar-refractivity contribution is -0.384. The number of aryl methyl sites for hydroxylation is 1. The molecular formula is C26H36N4O7S. The maximum absolute atomic E-state index is 13.8. The first-order valence-corrected chi connectivity index (χ1v) is 14.1. The molecule has 0 radical (unpaired) electrons. The number of anilines is 1.